The number of nitro benzene ring substituents is 2. The Bertz CT molecular complexity index is 1820. The zero-order chi connectivity index (χ0) is 26.4. The number of benzene rings is 6. The maximum Gasteiger partial charge on any atom is 0.270 e. The molecule has 0 saturated carbocycles. The van der Waals surface area contributed by atoms with E-state index >= 15 is 0 Å². The molecule has 8 heteroatoms. The summed E-state index contributed by atoms with van der Waals surface area (Å²) in [7, 11) is 0. The van der Waals surface area contributed by atoms with Crippen molar-refractivity contribution in [2.45, 2.75) is 0 Å². The first-order valence-corrected chi connectivity index (χ1v) is 12.5. The van der Waals surface area contributed by atoms with Crippen LogP contribution in [-0.4, -0.2) is 9.85 Å². The molecule has 0 fully saturated rings. The van der Waals surface area contributed by atoms with Crippen molar-refractivity contribution in [3.8, 4) is 0 Å². The maximum absolute atomic E-state index is 11.3. The van der Waals surface area contributed by atoms with Crippen molar-refractivity contribution >= 4 is 76.7 Å². The Morgan fingerprint density at radius 3 is 1.63 bits per heavy atom. The fourth-order valence-electron chi connectivity index (χ4n) is 4.81. The van der Waals surface area contributed by atoms with Crippen molar-refractivity contribution in [1.82, 2.24) is 0 Å². The molecule has 0 unspecified atom stereocenters. The summed E-state index contributed by atoms with van der Waals surface area (Å²) in [6.45, 7) is 0. The number of non-ortho nitro benzene ring substituents is 2. The van der Waals surface area contributed by atoms with E-state index in [-0.39, 0.29) is 11.4 Å². The molecule has 0 N–H and O–H groups in total. The van der Waals surface area contributed by atoms with E-state index in [4.69, 9.17) is 0 Å². The number of hydrogen-bond donors (Lipinski definition) is 0. The van der Waals surface area contributed by atoms with Gasteiger partial charge < -0.3 is 4.90 Å². The van der Waals surface area contributed by atoms with Gasteiger partial charge in [0.05, 0.1) is 15.5 Å². The van der Waals surface area contributed by atoms with E-state index in [9.17, 15) is 20.2 Å². The third kappa shape index (κ3) is 4.21. The topological polar surface area (TPSA) is 89.5 Å². The lowest BCUT2D eigenvalue weighted by molar-refractivity contribution is -0.384. The molecule has 0 heterocycles. The third-order valence-electron chi connectivity index (χ3n) is 6.61. The van der Waals surface area contributed by atoms with E-state index in [0.29, 0.717) is 0 Å². The first kappa shape index (κ1) is 23.6. The Balaban J connectivity index is 1.58. The summed E-state index contributed by atoms with van der Waals surface area (Å²) in [5.74, 6) is 0. The van der Waals surface area contributed by atoms with E-state index in [0.717, 1.165) is 53.9 Å². The highest BCUT2D eigenvalue weighted by molar-refractivity contribution is 9.10. The molecule has 38 heavy (non-hydrogen) atoms. The second kappa shape index (κ2) is 9.24. The van der Waals surface area contributed by atoms with E-state index in [1.807, 2.05) is 48.5 Å². The van der Waals surface area contributed by atoms with Gasteiger partial charge in [-0.05, 0) is 81.5 Å². The minimum absolute atomic E-state index is 0.0466. The standard InChI is InChI=1S/C30H18BrN3O4/c31-24-8-13-29-23(14-24)2-1-3-30(29)32(25-9-4-21-17-27(33(35)36)11-6-19(21)15-25)26-10-5-22-18-28(34(37)38)12-7-20(22)16-26/h1-18H. The highest BCUT2D eigenvalue weighted by atomic mass is 79.9. The van der Waals surface area contributed by atoms with E-state index < -0.39 is 9.85 Å². The molecule has 0 bridgehead atoms. The summed E-state index contributed by atoms with van der Waals surface area (Å²) in [5.41, 5.74) is 2.80. The van der Waals surface area contributed by atoms with Gasteiger partial charge in [-0.2, -0.15) is 0 Å². The van der Waals surface area contributed by atoms with Gasteiger partial charge in [0.25, 0.3) is 11.4 Å². The normalized spacial score (nSPS) is 11.2. The smallest absolute Gasteiger partial charge is 0.270 e. The fourth-order valence-corrected chi connectivity index (χ4v) is 5.18. The molecule has 184 valence electrons. The second-order valence-electron chi connectivity index (χ2n) is 8.92. The molecular formula is C30H18BrN3O4. The molecule has 0 aliphatic heterocycles. The molecule has 0 spiro atoms. The highest BCUT2D eigenvalue weighted by Crippen LogP contribution is 2.41. The van der Waals surface area contributed by atoms with Crippen LogP contribution in [0.3, 0.4) is 0 Å². The molecular weight excluding hydrogens is 546 g/mol. The largest absolute Gasteiger partial charge is 0.310 e. The molecule has 0 amide bonds. The SMILES string of the molecule is O=[N+]([O-])c1ccc2cc(N(c3ccc4cc([N+](=O)[O-])ccc4c3)c3cccc4cc(Br)ccc34)ccc2c1. The van der Waals surface area contributed by atoms with Gasteiger partial charge in [0, 0.05) is 45.5 Å². The quantitative estimate of drug-likeness (QED) is 0.154. The zero-order valence-electron chi connectivity index (χ0n) is 19.7. The molecule has 6 aromatic carbocycles. The van der Waals surface area contributed by atoms with Crippen molar-refractivity contribution in [2.75, 3.05) is 4.90 Å². The molecule has 7 nitrogen and oxygen atoms in total. The van der Waals surface area contributed by atoms with Gasteiger partial charge in [-0.1, -0.05) is 46.3 Å². The summed E-state index contributed by atoms with van der Waals surface area (Å²) < 4.78 is 0.980. The van der Waals surface area contributed by atoms with Gasteiger partial charge in [-0.25, -0.2) is 0 Å². The molecule has 6 rings (SSSR count). The first-order chi connectivity index (χ1) is 18.4. The molecule has 0 saturated heterocycles. The van der Waals surface area contributed by atoms with Crippen LogP contribution in [0.1, 0.15) is 0 Å². The Morgan fingerprint density at radius 1 is 0.553 bits per heavy atom. The van der Waals surface area contributed by atoms with Crippen LogP contribution in [0.4, 0.5) is 28.4 Å². The van der Waals surface area contributed by atoms with Gasteiger partial charge in [-0.15, -0.1) is 0 Å². The molecule has 0 aliphatic carbocycles. The van der Waals surface area contributed by atoms with Crippen LogP contribution in [0.15, 0.2) is 114 Å². The Morgan fingerprint density at radius 2 is 1.08 bits per heavy atom. The van der Waals surface area contributed by atoms with Crippen molar-refractivity contribution in [3.05, 3.63) is 134 Å². The van der Waals surface area contributed by atoms with Crippen molar-refractivity contribution < 1.29 is 9.85 Å². The summed E-state index contributed by atoms with van der Waals surface area (Å²) in [5, 5.41) is 27.9. The average molecular weight is 564 g/mol. The van der Waals surface area contributed by atoms with Crippen LogP contribution < -0.4 is 4.90 Å². The van der Waals surface area contributed by atoms with Gasteiger partial charge >= 0.3 is 0 Å². The van der Waals surface area contributed by atoms with Crippen LogP contribution >= 0.6 is 15.9 Å². The summed E-state index contributed by atoms with van der Waals surface area (Å²) in [6.07, 6.45) is 0. The lowest BCUT2D eigenvalue weighted by atomic mass is 10.0. The Kier molecular flexibility index (Phi) is 5.73. The Hall–Kier alpha value is -4.82. The number of rotatable bonds is 5. The van der Waals surface area contributed by atoms with Crippen molar-refractivity contribution in [2.24, 2.45) is 0 Å². The number of nitro groups is 2. The third-order valence-corrected chi connectivity index (χ3v) is 7.11. The predicted octanol–water partition coefficient (Wildman–Crippen LogP) is 9.19. The van der Waals surface area contributed by atoms with E-state index in [2.05, 4.69) is 45.1 Å². The molecule has 6 aromatic rings. The fraction of sp³-hybridized carbons (Fsp3) is 0. The van der Waals surface area contributed by atoms with Gasteiger partial charge in [0.15, 0.2) is 0 Å². The van der Waals surface area contributed by atoms with Crippen LogP contribution in [0.25, 0.3) is 32.3 Å². The lowest BCUT2D eigenvalue weighted by Crippen LogP contribution is -2.10. The number of halogens is 1. The number of anilines is 3. The van der Waals surface area contributed by atoms with Crippen molar-refractivity contribution in [1.29, 1.82) is 0 Å². The van der Waals surface area contributed by atoms with Crippen LogP contribution in [0.2, 0.25) is 0 Å². The van der Waals surface area contributed by atoms with E-state index in [1.54, 1.807) is 24.3 Å². The number of fused-ring (bicyclic) bond motifs is 3. The molecule has 0 aromatic heterocycles. The molecule has 0 radical (unpaired) electrons. The predicted molar refractivity (Wildman–Crippen MR) is 155 cm³/mol. The van der Waals surface area contributed by atoms with Gasteiger partial charge in [0.1, 0.15) is 0 Å². The first-order valence-electron chi connectivity index (χ1n) is 11.7. The highest BCUT2D eigenvalue weighted by Gasteiger charge is 2.18. The summed E-state index contributed by atoms with van der Waals surface area (Å²) >= 11 is 3.56. The molecule has 0 atom stereocenters. The number of hydrogen-bond acceptors (Lipinski definition) is 5. The Labute approximate surface area is 225 Å². The van der Waals surface area contributed by atoms with Gasteiger partial charge in [0.2, 0.25) is 0 Å². The summed E-state index contributed by atoms with van der Waals surface area (Å²) in [4.78, 5) is 23.9. The van der Waals surface area contributed by atoms with Crippen molar-refractivity contribution in [3.63, 3.8) is 0 Å². The summed E-state index contributed by atoms with van der Waals surface area (Å²) in [6, 6.07) is 33.6. The average Bonchev–Trinajstić information content (AvgIpc) is 2.92. The van der Waals surface area contributed by atoms with Crippen LogP contribution in [0.5, 0.6) is 0 Å². The van der Waals surface area contributed by atoms with Gasteiger partial charge in [-0.3, -0.25) is 20.2 Å². The minimum Gasteiger partial charge on any atom is -0.310 e. The second-order valence-corrected chi connectivity index (χ2v) is 9.84. The zero-order valence-corrected chi connectivity index (χ0v) is 21.3. The van der Waals surface area contributed by atoms with Crippen LogP contribution in [-0.2, 0) is 0 Å². The van der Waals surface area contributed by atoms with E-state index in [1.165, 1.54) is 12.1 Å². The minimum atomic E-state index is -0.396. The number of nitrogens with zero attached hydrogens (tertiary/aromatic N) is 3. The molecule has 0 aliphatic rings. The maximum atomic E-state index is 11.3. The van der Waals surface area contributed by atoms with Crippen LogP contribution in [0, 0.1) is 20.2 Å². The monoisotopic (exact) mass is 563 g/mol. The lowest BCUT2D eigenvalue weighted by Gasteiger charge is -2.27.